The third-order valence-corrected chi connectivity index (χ3v) is 1.37. The van der Waals surface area contributed by atoms with Crippen LogP contribution in [-0.2, 0) is 0 Å². The van der Waals surface area contributed by atoms with Gasteiger partial charge in [0, 0.05) is 12.1 Å². The number of halogens is 3. The topological polar surface area (TPSA) is 35.8 Å². The van der Waals surface area contributed by atoms with E-state index in [-0.39, 0.29) is 12.2 Å². The van der Waals surface area contributed by atoms with Crippen LogP contribution in [0.25, 0.3) is 0 Å². The Morgan fingerprint density at radius 2 is 1.77 bits per heavy atom. The second kappa shape index (κ2) is 3.81. The zero-order valence-corrected chi connectivity index (χ0v) is 6.44. The second-order valence-electron chi connectivity index (χ2n) is 2.26. The number of hydrogen-bond acceptors (Lipinski definition) is 2. The van der Waals surface area contributed by atoms with Crippen molar-refractivity contribution in [2.75, 3.05) is 11.9 Å². The molecule has 5 heteroatoms. The lowest BCUT2D eigenvalue weighted by molar-refractivity contribution is 0.496. The van der Waals surface area contributed by atoms with Crippen molar-refractivity contribution < 1.29 is 13.2 Å². The van der Waals surface area contributed by atoms with Crippen molar-refractivity contribution in [1.29, 1.82) is 5.26 Å². The summed E-state index contributed by atoms with van der Waals surface area (Å²) in [4.78, 5) is 0. The van der Waals surface area contributed by atoms with Crippen LogP contribution >= 0.6 is 0 Å². The first-order valence-electron chi connectivity index (χ1n) is 3.40. The van der Waals surface area contributed by atoms with Gasteiger partial charge in [0.15, 0.2) is 11.6 Å². The zero-order chi connectivity index (χ0) is 9.84. The van der Waals surface area contributed by atoms with Crippen molar-refractivity contribution >= 4 is 5.69 Å². The molecule has 1 aromatic carbocycles. The molecule has 1 aromatic rings. The Bertz CT molecular complexity index is 357. The summed E-state index contributed by atoms with van der Waals surface area (Å²) in [7, 11) is 0. The van der Waals surface area contributed by atoms with Crippen molar-refractivity contribution in [3.05, 3.63) is 29.6 Å². The second-order valence-corrected chi connectivity index (χ2v) is 2.26. The standard InChI is InChI=1S/C8H5F3N2/c9-5-3-7(11)8(4-6(5)10)13-2-1-12/h3-4,13H,2H2. The van der Waals surface area contributed by atoms with Crippen molar-refractivity contribution in [1.82, 2.24) is 0 Å². The fraction of sp³-hybridized carbons (Fsp3) is 0.125. The Morgan fingerprint density at radius 1 is 1.15 bits per heavy atom. The summed E-state index contributed by atoms with van der Waals surface area (Å²) in [6.07, 6.45) is 0. The number of nitrogens with one attached hydrogen (secondary N) is 1. The van der Waals surface area contributed by atoms with E-state index < -0.39 is 17.5 Å². The van der Waals surface area contributed by atoms with Crippen molar-refractivity contribution in [3.8, 4) is 6.07 Å². The highest BCUT2D eigenvalue weighted by molar-refractivity contribution is 5.45. The molecule has 0 aliphatic rings. The molecule has 0 saturated heterocycles. The van der Waals surface area contributed by atoms with Gasteiger partial charge >= 0.3 is 0 Å². The van der Waals surface area contributed by atoms with Crippen LogP contribution in [-0.4, -0.2) is 6.54 Å². The van der Waals surface area contributed by atoms with E-state index >= 15 is 0 Å². The van der Waals surface area contributed by atoms with E-state index in [1.54, 1.807) is 6.07 Å². The van der Waals surface area contributed by atoms with Gasteiger partial charge in [0.2, 0.25) is 0 Å². The Labute approximate surface area is 72.6 Å². The number of anilines is 1. The molecule has 0 heterocycles. The highest BCUT2D eigenvalue weighted by atomic mass is 19.2. The lowest BCUT2D eigenvalue weighted by Crippen LogP contribution is -2.02. The molecule has 0 unspecified atom stereocenters. The van der Waals surface area contributed by atoms with Gasteiger partial charge in [-0.2, -0.15) is 5.26 Å². The summed E-state index contributed by atoms with van der Waals surface area (Å²) >= 11 is 0. The molecule has 1 rings (SSSR count). The monoisotopic (exact) mass is 186 g/mol. The highest BCUT2D eigenvalue weighted by Gasteiger charge is 2.08. The normalized spacial score (nSPS) is 9.38. The van der Waals surface area contributed by atoms with E-state index in [4.69, 9.17) is 5.26 Å². The van der Waals surface area contributed by atoms with Crippen LogP contribution in [0.2, 0.25) is 0 Å². The molecule has 0 aromatic heterocycles. The van der Waals surface area contributed by atoms with Crippen molar-refractivity contribution in [2.24, 2.45) is 0 Å². The predicted octanol–water partition coefficient (Wildman–Crippen LogP) is 2.04. The SMILES string of the molecule is N#CCNc1cc(F)c(F)cc1F. The van der Waals surface area contributed by atoms with E-state index in [1.807, 2.05) is 0 Å². The van der Waals surface area contributed by atoms with Gasteiger partial charge in [0.05, 0.1) is 11.8 Å². The number of benzene rings is 1. The van der Waals surface area contributed by atoms with Gasteiger partial charge in [-0.15, -0.1) is 0 Å². The Kier molecular flexibility index (Phi) is 2.75. The maximum absolute atomic E-state index is 12.8. The average molecular weight is 186 g/mol. The van der Waals surface area contributed by atoms with E-state index in [0.717, 1.165) is 0 Å². The lowest BCUT2D eigenvalue weighted by atomic mass is 10.3. The lowest BCUT2D eigenvalue weighted by Gasteiger charge is -2.03. The van der Waals surface area contributed by atoms with Gasteiger partial charge in [-0.1, -0.05) is 0 Å². The fourth-order valence-corrected chi connectivity index (χ4v) is 0.793. The number of nitrogens with zero attached hydrogens (tertiary/aromatic N) is 1. The summed E-state index contributed by atoms with van der Waals surface area (Å²) < 4.78 is 37.7. The summed E-state index contributed by atoms with van der Waals surface area (Å²) in [6, 6.07) is 2.78. The van der Waals surface area contributed by atoms with Crippen LogP contribution < -0.4 is 5.32 Å². The number of hydrogen-bond donors (Lipinski definition) is 1. The molecule has 2 nitrogen and oxygen atoms in total. The van der Waals surface area contributed by atoms with Gasteiger partial charge in [-0.25, -0.2) is 13.2 Å². The largest absolute Gasteiger partial charge is 0.370 e. The molecule has 0 fully saturated rings. The van der Waals surface area contributed by atoms with E-state index in [1.165, 1.54) is 0 Å². The third-order valence-electron chi connectivity index (χ3n) is 1.37. The molecule has 13 heavy (non-hydrogen) atoms. The summed E-state index contributed by atoms with van der Waals surface area (Å²) in [5.74, 6) is -3.32. The molecule has 0 saturated carbocycles. The zero-order valence-electron chi connectivity index (χ0n) is 6.44. The highest BCUT2D eigenvalue weighted by Crippen LogP contribution is 2.17. The minimum absolute atomic E-state index is 0.165. The molecule has 0 radical (unpaired) electrons. The van der Waals surface area contributed by atoms with Crippen LogP contribution in [0.5, 0.6) is 0 Å². The molecular formula is C8H5F3N2. The van der Waals surface area contributed by atoms with Crippen LogP contribution in [0.15, 0.2) is 12.1 Å². The van der Waals surface area contributed by atoms with Crippen LogP contribution in [0.4, 0.5) is 18.9 Å². The predicted molar refractivity (Wildman–Crippen MR) is 40.4 cm³/mol. The van der Waals surface area contributed by atoms with Gasteiger partial charge in [-0.3, -0.25) is 0 Å². The summed E-state index contributed by atoms with van der Waals surface area (Å²) in [5, 5.41) is 10.4. The Hall–Kier alpha value is -1.70. The molecule has 0 aliphatic heterocycles. The summed E-state index contributed by atoms with van der Waals surface area (Å²) in [5.41, 5.74) is -0.222. The van der Waals surface area contributed by atoms with Crippen molar-refractivity contribution in [3.63, 3.8) is 0 Å². The van der Waals surface area contributed by atoms with Gasteiger partial charge in [0.25, 0.3) is 0 Å². The quantitative estimate of drug-likeness (QED) is 0.566. The molecule has 0 aliphatic carbocycles. The third kappa shape index (κ3) is 2.12. The van der Waals surface area contributed by atoms with Crippen LogP contribution in [0, 0.1) is 28.8 Å². The molecule has 0 bridgehead atoms. The molecule has 0 spiro atoms. The van der Waals surface area contributed by atoms with E-state index in [0.29, 0.717) is 12.1 Å². The summed E-state index contributed by atoms with van der Waals surface area (Å²) in [6.45, 7) is -0.165. The maximum atomic E-state index is 12.8. The van der Waals surface area contributed by atoms with E-state index in [2.05, 4.69) is 5.32 Å². The first-order chi connectivity index (χ1) is 6.15. The Morgan fingerprint density at radius 3 is 2.38 bits per heavy atom. The number of rotatable bonds is 2. The molecular weight excluding hydrogens is 181 g/mol. The minimum atomic E-state index is -1.25. The van der Waals surface area contributed by atoms with Crippen LogP contribution in [0.1, 0.15) is 0 Å². The van der Waals surface area contributed by atoms with E-state index in [9.17, 15) is 13.2 Å². The molecule has 68 valence electrons. The van der Waals surface area contributed by atoms with Gasteiger partial charge < -0.3 is 5.32 Å². The molecule has 0 atom stereocenters. The minimum Gasteiger partial charge on any atom is -0.370 e. The smallest absolute Gasteiger partial charge is 0.161 e. The average Bonchev–Trinajstić information content (AvgIpc) is 2.09. The first-order valence-corrected chi connectivity index (χ1v) is 3.40. The van der Waals surface area contributed by atoms with Gasteiger partial charge in [0.1, 0.15) is 12.4 Å². The van der Waals surface area contributed by atoms with Crippen LogP contribution in [0.3, 0.4) is 0 Å². The maximum Gasteiger partial charge on any atom is 0.161 e. The van der Waals surface area contributed by atoms with Gasteiger partial charge in [-0.05, 0) is 0 Å². The molecule has 1 N–H and O–H groups in total. The molecule has 0 amide bonds. The van der Waals surface area contributed by atoms with Crippen molar-refractivity contribution in [2.45, 2.75) is 0 Å². The fourth-order valence-electron chi connectivity index (χ4n) is 0.793. The Balaban J connectivity index is 2.96. The number of nitriles is 1. The first kappa shape index (κ1) is 9.39.